The van der Waals surface area contributed by atoms with Crippen molar-refractivity contribution >= 4 is 38.0 Å². The molecule has 0 aliphatic carbocycles. The molecule has 0 radical (unpaired) electrons. The Labute approximate surface area is 260 Å². The molecule has 4 atom stereocenters. The van der Waals surface area contributed by atoms with Crippen molar-refractivity contribution in [2.75, 3.05) is 0 Å². The van der Waals surface area contributed by atoms with Crippen LogP contribution in [0.4, 0.5) is 0 Å². The molecule has 6 heteroatoms. The molecule has 0 heterocycles. The molecule has 0 amide bonds. The van der Waals surface area contributed by atoms with E-state index < -0.39 is 32.8 Å². The summed E-state index contributed by atoms with van der Waals surface area (Å²) >= 11 is 0. The maximum Gasteiger partial charge on any atom is 0.192 e. The molecule has 2 nitrogen and oxygen atoms in total. The third-order valence-electron chi connectivity index (χ3n) is 9.67. The summed E-state index contributed by atoms with van der Waals surface area (Å²) < 4.78 is 14.7. The van der Waals surface area contributed by atoms with Gasteiger partial charge in [-0.05, 0) is 56.5 Å². The molecule has 0 aromatic heterocycles. The van der Waals surface area contributed by atoms with Gasteiger partial charge in [0, 0.05) is 11.8 Å². The fourth-order valence-corrected chi connectivity index (χ4v) is 12.8. The Morgan fingerprint density at radius 2 is 1.34 bits per heavy atom. The fraction of sp³-hybridized carbons (Fsp3) is 0.714. The maximum atomic E-state index is 7.36. The molecular formula is C35H66O2Si4. The van der Waals surface area contributed by atoms with E-state index >= 15 is 0 Å². The zero-order valence-corrected chi connectivity index (χ0v) is 33.9. The lowest BCUT2D eigenvalue weighted by Crippen LogP contribution is -2.49. The monoisotopic (exact) mass is 630 g/mol. The predicted octanol–water partition coefficient (Wildman–Crippen LogP) is 10.4. The molecule has 0 unspecified atom stereocenters. The molecule has 0 aliphatic rings. The third-order valence-corrected chi connectivity index (χ3v) is 22.7. The lowest BCUT2D eigenvalue weighted by atomic mass is 9.90. The topological polar surface area (TPSA) is 18.5 Å². The van der Waals surface area contributed by atoms with Gasteiger partial charge < -0.3 is 8.85 Å². The first kappa shape index (κ1) is 38.3. The highest BCUT2D eigenvalue weighted by molar-refractivity contribution is 6.94. The highest BCUT2D eigenvalue weighted by Gasteiger charge is 2.42. The molecule has 0 fully saturated rings. The van der Waals surface area contributed by atoms with E-state index in [4.69, 9.17) is 8.85 Å². The van der Waals surface area contributed by atoms with Crippen LogP contribution in [0, 0.1) is 23.3 Å². The summed E-state index contributed by atoms with van der Waals surface area (Å²) in [6.45, 7) is 37.9. The minimum absolute atomic E-state index is 0.0924. The normalized spacial score (nSPS) is 16.9. The van der Waals surface area contributed by atoms with Crippen LogP contribution >= 0.6 is 0 Å². The second kappa shape index (κ2) is 15.3. The number of benzene rings is 1. The van der Waals surface area contributed by atoms with Crippen molar-refractivity contribution in [1.82, 2.24) is 0 Å². The highest BCUT2D eigenvalue weighted by Crippen LogP contribution is 2.40. The van der Waals surface area contributed by atoms with Crippen LogP contribution in [0.1, 0.15) is 68.7 Å². The van der Waals surface area contributed by atoms with E-state index in [9.17, 15) is 0 Å². The van der Waals surface area contributed by atoms with Gasteiger partial charge in [0.1, 0.15) is 16.1 Å². The van der Waals surface area contributed by atoms with E-state index in [0.29, 0.717) is 5.92 Å². The van der Waals surface area contributed by atoms with Gasteiger partial charge in [-0.2, -0.15) is 0 Å². The average molecular weight is 631 g/mol. The highest BCUT2D eigenvalue weighted by atomic mass is 28.4. The summed E-state index contributed by atoms with van der Waals surface area (Å²) in [4.78, 5) is 0. The second-order valence-corrected chi connectivity index (χ2v) is 34.2. The van der Waals surface area contributed by atoms with Crippen LogP contribution in [0.2, 0.25) is 69.0 Å². The van der Waals surface area contributed by atoms with Crippen LogP contribution in [0.5, 0.6) is 0 Å². The molecule has 234 valence electrons. The quantitative estimate of drug-likeness (QED) is 0.150. The Morgan fingerprint density at radius 3 is 1.78 bits per heavy atom. The van der Waals surface area contributed by atoms with Gasteiger partial charge in [-0.1, -0.05) is 128 Å². The van der Waals surface area contributed by atoms with Crippen molar-refractivity contribution in [2.24, 2.45) is 11.8 Å². The minimum Gasteiger partial charge on any atom is -0.413 e. The molecule has 41 heavy (non-hydrogen) atoms. The van der Waals surface area contributed by atoms with Gasteiger partial charge in [-0.25, -0.2) is 0 Å². The number of hydrogen-bond donors (Lipinski definition) is 0. The second-order valence-electron chi connectivity index (χ2n) is 15.6. The Kier molecular flexibility index (Phi) is 14.3. The Morgan fingerprint density at radius 1 is 0.829 bits per heavy atom. The van der Waals surface area contributed by atoms with Crippen LogP contribution in [-0.4, -0.2) is 45.0 Å². The summed E-state index contributed by atoms with van der Waals surface area (Å²) in [6.07, 6.45) is 1.10. The summed E-state index contributed by atoms with van der Waals surface area (Å²) in [6, 6.07) is 14.5. The molecule has 0 aliphatic heterocycles. The molecule has 1 aromatic rings. The van der Waals surface area contributed by atoms with E-state index in [1.165, 1.54) is 10.8 Å². The maximum absolute atomic E-state index is 7.36. The zero-order valence-electron chi connectivity index (χ0n) is 29.9. The van der Waals surface area contributed by atoms with Gasteiger partial charge in [0.2, 0.25) is 0 Å². The van der Waals surface area contributed by atoms with Gasteiger partial charge in [0.15, 0.2) is 16.6 Å². The largest absolute Gasteiger partial charge is 0.413 e. The fourth-order valence-electron chi connectivity index (χ4n) is 5.18. The zero-order chi connectivity index (χ0) is 31.9. The molecule has 0 N–H and O–H groups in total. The lowest BCUT2D eigenvalue weighted by molar-refractivity contribution is 0.0570. The van der Waals surface area contributed by atoms with Crippen molar-refractivity contribution in [2.45, 2.75) is 150 Å². The van der Waals surface area contributed by atoms with Gasteiger partial charge in [0.05, 0.1) is 12.2 Å². The SMILES string of the molecule is CC[Si](CC)(CC)O[C@H](C[C@H](O[Si](C)(C)C(C)(C)C)[C@H](C)/C(C)=C/[Si](C)(C)c1ccccc1)[C@@H](C)C#C[Si](C)(C)C. The van der Waals surface area contributed by atoms with Crippen molar-refractivity contribution < 1.29 is 8.85 Å². The Hall–Kier alpha value is -0.692. The lowest BCUT2D eigenvalue weighted by Gasteiger charge is -2.43. The summed E-state index contributed by atoms with van der Waals surface area (Å²) in [5.41, 5.74) is 7.75. The summed E-state index contributed by atoms with van der Waals surface area (Å²) in [7, 11) is -7.09. The molecule has 0 saturated carbocycles. The summed E-state index contributed by atoms with van der Waals surface area (Å²) in [5.74, 6) is 4.20. The number of rotatable bonds is 14. The van der Waals surface area contributed by atoms with Crippen LogP contribution in [0.3, 0.4) is 0 Å². The van der Waals surface area contributed by atoms with Crippen LogP contribution in [0.25, 0.3) is 0 Å². The Balaban J connectivity index is 3.63. The molecule has 1 rings (SSSR count). The molecule has 0 bridgehead atoms. The van der Waals surface area contributed by atoms with Crippen LogP contribution < -0.4 is 5.19 Å². The van der Waals surface area contributed by atoms with E-state index in [1.54, 1.807) is 0 Å². The first-order valence-electron chi connectivity index (χ1n) is 16.3. The van der Waals surface area contributed by atoms with E-state index in [0.717, 1.165) is 24.6 Å². The number of hydrogen-bond acceptors (Lipinski definition) is 2. The average Bonchev–Trinajstić information content (AvgIpc) is 2.88. The first-order valence-corrected chi connectivity index (χ1v) is 28.3. The van der Waals surface area contributed by atoms with Gasteiger partial charge in [-0.15, -0.1) is 11.5 Å². The van der Waals surface area contributed by atoms with Crippen molar-refractivity contribution in [3.05, 3.63) is 41.6 Å². The van der Waals surface area contributed by atoms with E-state index in [-0.39, 0.29) is 23.2 Å². The van der Waals surface area contributed by atoms with E-state index in [1.807, 2.05) is 0 Å². The van der Waals surface area contributed by atoms with Crippen LogP contribution in [0.15, 0.2) is 41.6 Å². The van der Waals surface area contributed by atoms with Crippen molar-refractivity contribution in [3.8, 4) is 11.5 Å². The minimum atomic E-state index is -2.02. The van der Waals surface area contributed by atoms with Crippen molar-refractivity contribution in [3.63, 3.8) is 0 Å². The molecule has 0 saturated heterocycles. The molecule has 1 aromatic carbocycles. The van der Waals surface area contributed by atoms with Crippen molar-refractivity contribution in [1.29, 1.82) is 0 Å². The van der Waals surface area contributed by atoms with Gasteiger partial charge >= 0.3 is 0 Å². The summed E-state index contributed by atoms with van der Waals surface area (Å²) in [5, 5.41) is 1.63. The molecule has 0 spiro atoms. The third kappa shape index (κ3) is 11.7. The van der Waals surface area contributed by atoms with E-state index in [2.05, 4.69) is 156 Å². The smallest absolute Gasteiger partial charge is 0.192 e. The van der Waals surface area contributed by atoms with Gasteiger partial charge in [0.25, 0.3) is 0 Å². The Bertz CT molecular complexity index is 1010. The predicted molar refractivity (Wildman–Crippen MR) is 196 cm³/mol. The first-order chi connectivity index (χ1) is 18.6. The van der Waals surface area contributed by atoms with Gasteiger partial charge in [-0.3, -0.25) is 0 Å². The van der Waals surface area contributed by atoms with Crippen LogP contribution in [-0.2, 0) is 8.85 Å². The molecular weight excluding hydrogens is 565 g/mol. The standard InChI is InChI=1S/C35H66O2Si4/c1-17-41(18-2,19-3)37-33(29(4)25-26-38(10,11)12)27-34(36-40(15,16)35(7,8)9)31(6)30(5)28-39(13,14)32-23-21-20-22-24-32/h20-24,28-29,31,33-34H,17-19,27H2,1-16H3/b30-28+/t29-,31+,33+,34-/m0/s1.